The largest absolute Gasteiger partial charge is 0.502 e. The molecule has 54 heavy (non-hydrogen) atoms. The first-order valence-corrected chi connectivity index (χ1v) is 15.9. The summed E-state index contributed by atoms with van der Waals surface area (Å²) >= 11 is 0. The van der Waals surface area contributed by atoms with E-state index in [0.29, 0.717) is 0 Å². The molecule has 0 fully saturated rings. The average molecular weight is 756 g/mol. The van der Waals surface area contributed by atoms with Gasteiger partial charge in [0.2, 0.25) is 17.7 Å². The van der Waals surface area contributed by atoms with Gasteiger partial charge >= 0.3 is 23.2 Å². The van der Waals surface area contributed by atoms with E-state index in [-0.39, 0.29) is 16.7 Å². The number of nitrogens with one attached hydrogen (secondary N) is 4. The Hall–Kier alpha value is -7.06. The molecule has 3 aromatic carbocycles. The van der Waals surface area contributed by atoms with Crippen molar-refractivity contribution in [2.24, 2.45) is 0 Å². The van der Waals surface area contributed by atoms with Gasteiger partial charge in [0.05, 0.1) is 39.6 Å². The third kappa shape index (κ3) is 12.3. The quantitative estimate of drug-likeness (QED) is 0.0814. The zero-order valence-electron chi connectivity index (χ0n) is 29.1. The lowest BCUT2D eigenvalue weighted by Gasteiger charge is -2.36. The van der Waals surface area contributed by atoms with Crippen LogP contribution in [0.5, 0.6) is 17.2 Å². The predicted molar refractivity (Wildman–Crippen MR) is 187 cm³/mol. The van der Waals surface area contributed by atoms with Crippen molar-refractivity contribution in [3.05, 3.63) is 102 Å². The van der Waals surface area contributed by atoms with Crippen molar-refractivity contribution in [1.29, 1.82) is 0 Å². The second kappa shape index (κ2) is 17.4. The fourth-order valence-electron chi connectivity index (χ4n) is 4.86. The van der Waals surface area contributed by atoms with Crippen molar-refractivity contribution in [2.75, 3.05) is 19.6 Å². The smallest absolute Gasteiger partial charge is 0.408 e. The number of amides is 4. The predicted octanol–water partition coefficient (Wildman–Crippen LogP) is 2.17. The van der Waals surface area contributed by atoms with Gasteiger partial charge in [0.15, 0.2) is 17.2 Å². The van der Waals surface area contributed by atoms with Crippen LogP contribution in [0.2, 0.25) is 0 Å². The maximum absolute atomic E-state index is 13.1. The molecule has 0 aromatic heterocycles. The van der Waals surface area contributed by atoms with Crippen LogP contribution in [0.1, 0.15) is 37.5 Å². The SMILES string of the molecule is CC(C)(C)OC(=O)NC(CNC(=O)Cc1ccc(O)c([N+](=O)[O-])c1)(CNC(=O)Cc1ccc(O)c([N+](=O)[O-])c1)CNC(=O)Cc1ccc(O)c([N+](=O)[O-])c1. The van der Waals surface area contributed by atoms with Gasteiger partial charge in [0.1, 0.15) is 5.60 Å². The normalized spacial score (nSPS) is 11.2. The molecule has 0 heterocycles. The summed E-state index contributed by atoms with van der Waals surface area (Å²) in [5.41, 5.74) is -4.37. The molecule has 3 rings (SSSR count). The second-order valence-electron chi connectivity index (χ2n) is 13.0. The molecule has 0 bridgehead atoms. The Bertz CT molecular complexity index is 1770. The van der Waals surface area contributed by atoms with Crippen molar-refractivity contribution in [2.45, 2.75) is 51.2 Å². The third-order valence-corrected chi connectivity index (χ3v) is 7.44. The third-order valence-electron chi connectivity index (χ3n) is 7.44. The minimum Gasteiger partial charge on any atom is -0.502 e. The van der Waals surface area contributed by atoms with Gasteiger partial charge in [-0.15, -0.1) is 0 Å². The van der Waals surface area contributed by atoms with Crippen LogP contribution in [0.25, 0.3) is 0 Å². The number of aromatic hydroxyl groups is 3. The molecule has 0 radical (unpaired) electrons. The van der Waals surface area contributed by atoms with Gasteiger partial charge in [0.25, 0.3) is 0 Å². The minimum absolute atomic E-state index is 0.135. The number of hydrogen-bond acceptors (Lipinski definition) is 14. The summed E-state index contributed by atoms with van der Waals surface area (Å²) in [6.45, 7) is 3.14. The van der Waals surface area contributed by atoms with Crippen molar-refractivity contribution >= 4 is 40.9 Å². The summed E-state index contributed by atoms with van der Waals surface area (Å²) in [4.78, 5) is 83.8. The van der Waals surface area contributed by atoms with E-state index in [0.717, 1.165) is 36.4 Å². The average Bonchev–Trinajstić information content (AvgIpc) is 3.06. The number of carbonyl (C=O) groups is 4. The molecule has 0 saturated heterocycles. The van der Waals surface area contributed by atoms with Gasteiger partial charge in [-0.3, -0.25) is 44.7 Å². The summed E-state index contributed by atoms with van der Waals surface area (Å²) < 4.78 is 5.39. The highest BCUT2D eigenvalue weighted by molar-refractivity contribution is 5.81. The lowest BCUT2D eigenvalue weighted by atomic mass is 9.97. The van der Waals surface area contributed by atoms with E-state index in [9.17, 15) is 64.8 Å². The number of nitro benzene ring substituents is 3. The molecule has 0 saturated carbocycles. The van der Waals surface area contributed by atoms with Gasteiger partial charge in [-0.2, -0.15) is 0 Å². The van der Waals surface area contributed by atoms with Crippen LogP contribution < -0.4 is 21.3 Å². The van der Waals surface area contributed by atoms with Crippen molar-refractivity contribution in [1.82, 2.24) is 21.3 Å². The number of nitro groups is 3. The van der Waals surface area contributed by atoms with Crippen molar-refractivity contribution < 1.29 is 54.0 Å². The van der Waals surface area contributed by atoms with E-state index in [4.69, 9.17) is 4.74 Å². The summed E-state index contributed by atoms with van der Waals surface area (Å²) in [7, 11) is 0. The maximum Gasteiger partial charge on any atom is 0.408 e. The number of phenols is 3. The van der Waals surface area contributed by atoms with Crippen molar-refractivity contribution in [3.8, 4) is 17.2 Å². The number of rotatable bonds is 16. The number of phenolic OH excluding ortho intramolecular Hbond substituents is 3. The molecule has 21 heteroatoms. The van der Waals surface area contributed by atoms with E-state index in [1.54, 1.807) is 20.8 Å². The standard InChI is InChI=1S/C33H37N7O14/c1-32(2,3)54-31(47)37-33(16-34-28(44)13-19-4-7-25(41)22(10-19)38(48)49,17-35-29(45)14-20-5-8-26(42)23(11-20)39(50)51)18-36-30(46)15-21-6-9-27(43)24(12-21)40(52)53/h4-12,41-43H,13-18H2,1-3H3,(H,34,44)(H,35,45)(H,36,46)(H,37,47). The minimum atomic E-state index is -1.79. The van der Waals surface area contributed by atoms with E-state index in [2.05, 4.69) is 21.3 Å². The fourth-order valence-corrected chi connectivity index (χ4v) is 4.86. The number of nitrogens with zero attached hydrogens (tertiary/aromatic N) is 3. The van der Waals surface area contributed by atoms with Crippen LogP contribution in [0.4, 0.5) is 21.9 Å². The zero-order valence-corrected chi connectivity index (χ0v) is 29.1. The van der Waals surface area contributed by atoms with E-state index in [1.165, 1.54) is 18.2 Å². The molecular weight excluding hydrogens is 718 g/mol. The molecule has 3 aromatic rings. The molecule has 0 aliphatic heterocycles. The summed E-state index contributed by atoms with van der Waals surface area (Å²) in [6, 6.07) is 9.89. The van der Waals surface area contributed by atoms with Gasteiger partial charge in [-0.25, -0.2) is 4.79 Å². The Morgan fingerprint density at radius 3 is 1.15 bits per heavy atom. The lowest BCUT2D eigenvalue weighted by molar-refractivity contribution is -0.386. The number of ether oxygens (including phenoxy) is 1. The lowest BCUT2D eigenvalue weighted by Crippen LogP contribution is -2.66. The number of hydrogen-bond donors (Lipinski definition) is 7. The number of alkyl carbamates (subject to hydrolysis) is 1. The molecule has 0 atom stereocenters. The highest BCUT2D eigenvalue weighted by Crippen LogP contribution is 2.28. The molecule has 0 aliphatic carbocycles. The zero-order chi connectivity index (χ0) is 40.4. The first kappa shape index (κ1) is 41.4. The second-order valence-corrected chi connectivity index (χ2v) is 13.0. The van der Waals surface area contributed by atoms with Crippen LogP contribution >= 0.6 is 0 Å². The molecule has 288 valence electrons. The fraction of sp³-hybridized carbons (Fsp3) is 0.333. The van der Waals surface area contributed by atoms with E-state index in [1.807, 2.05) is 0 Å². The molecular formula is C33H37N7O14. The highest BCUT2D eigenvalue weighted by Gasteiger charge is 2.36. The van der Waals surface area contributed by atoms with E-state index < -0.39 is 123 Å². The molecule has 0 aliphatic rings. The van der Waals surface area contributed by atoms with Crippen LogP contribution in [-0.4, -0.2) is 84.7 Å². The summed E-state index contributed by atoms with van der Waals surface area (Å²) in [5, 5.41) is 73.3. The molecule has 0 unspecified atom stereocenters. The molecule has 21 nitrogen and oxygen atoms in total. The first-order chi connectivity index (χ1) is 25.2. The molecule has 0 spiro atoms. The number of carbonyl (C=O) groups excluding carboxylic acids is 4. The Balaban J connectivity index is 1.92. The van der Waals surface area contributed by atoms with Crippen molar-refractivity contribution in [3.63, 3.8) is 0 Å². The Morgan fingerprint density at radius 1 is 0.593 bits per heavy atom. The Labute approximate surface area is 305 Å². The summed E-state index contributed by atoms with van der Waals surface area (Å²) in [6.07, 6.45) is -2.37. The Morgan fingerprint density at radius 2 is 0.889 bits per heavy atom. The highest BCUT2D eigenvalue weighted by atomic mass is 16.6. The van der Waals surface area contributed by atoms with Crippen LogP contribution in [0.3, 0.4) is 0 Å². The molecule has 7 N–H and O–H groups in total. The summed E-state index contributed by atoms with van der Waals surface area (Å²) in [5.74, 6) is -4.09. The van der Waals surface area contributed by atoms with Gasteiger partial charge < -0.3 is 41.3 Å². The van der Waals surface area contributed by atoms with Crippen LogP contribution in [0.15, 0.2) is 54.6 Å². The first-order valence-electron chi connectivity index (χ1n) is 15.9. The molecule has 4 amide bonds. The van der Waals surface area contributed by atoms with Crippen LogP contribution in [-0.2, 0) is 38.4 Å². The maximum atomic E-state index is 13.1. The number of benzene rings is 3. The van der Waals surface area contributed by atoms with Gasteiger partial charge in [-0.05, 0) is 55.7 Å². The Kier molecular flexibility index (Phi) is 13.4. The van der Waals surface area contributed by atoms with E-state index >= 15 is 0 Å². The van der Waals surface area contributed by atoms with Crippen LogP contribution in [0, 0.1) is 30.3 Å². The topological polar surface area (TPSA) is 316 Å². The van der Waals surface area contributed by atoms with Gasteiger partial charge in [0, 0.05) is 37.8 Å². The monoisotopic (exact) mass is 755 g/mol. The van der Waals surface area contributed by atoms with Gasteiger partial charge in [-0.1, -0.05) is 18.2 Å².